The summed E-state index contributed by atoms with van der Waals surface area (Å²) in [7, 11) is 4.41. The van der Waals surface area contributed by atoms with Crippen LogP contribution in [0.3, 0.4) is 0 Å². The van der Waals surface area contributed by atoms with Gasteiger partial charge in [0.25, 0.3) is 0 Å². The highest BCUT2D eigenvalue weighted by Gasteiger charge is 2.23. The maximum atomic E-state index is 2.89. The predicted molar refractivity (Wildman–Crippen MR) is 218 cm³/mol. The monoisotopic (exact) mass is 672 g/mol. The molecule has 0 unspecified atom stereocenters. The van der Waals surface area contributed by atoms with Gasteiger partial charge in [-0.3, -0.25) is 9.80 Å². The van der Waals surface area contributed by atoms with E-state index in [2.05, 4.69) is 66.9 Å². The van der Waals surface area contributed by atoms with Crippen molar-refractivity contribution in [1.29, 1.82) is 0 Å². The van der Waals surface area contributed by atoms with Gasteiger partial charge in [-0.1, -0.05) is 167 Å². The van der Waals surface area contributed by atoms with Crippen molar-refractivity contribution in [3.05, 3.63) is 24.3 Å². The third-order valence-electron chi connectivity index (χ3n) is 10.9. The van der Waals surface area contributed by atoms with Crippen LogP contribution < -0.4 is 0 Å². The molecule has 48 heavy (non-hydrogen) atoms. The van der Waals surface area contributed by atoms with Crippen molar-refractivity contribution in [2.24, 2.45) is 0 Å². The summed E-state index contributed by atoms with van der Waals surface area (Å²) in [6, 6.07) is 0.828. The smallest absolute Gasteiger partial charge is 0.0113 e. The van der Waals surface area contributed by atoms with Gasteiger partial charge in [0.15, 0.2) is 0 Å². The fourth-order valence-electron chi connectivity index (χ4n) is 7.46. The Bertz CT molecular complexity index is 636. The first-order valence-corrected chi connectivity index (χ1v) is 22.1. The molecular weight excluding hydrogens is 583 g/mol. The second-order valence-electron chi connectivity index (χ2n) is 15.8. The number of hydrogen-bond acceptors (Lipinski definition) is 3. The minimum atomic E-state index is 0.828. The minimum Gasteiger partial charge on any atom is -0.308 e. The zero-order valence-electron chi connectivity index (χ0n) is 33.7. The van der Waals surface area contributed by atoms with Crippen LogP contribution in [0.1, 0.15) is 206 Å². The van der Waals surface area contributed by atoms with Crippen LogP contribution in [-0.2, 0) is 0 Å². The van der Waals surface area contributed by atoms with Crippen LogP contribution in [-0.4, -0.2) is 74.1 Å². The number of piperazine rings is 1. The molecule has 1 heterocycles. The van der Waals surface area contributed by atoms with Gasteiger partial charge in [-0.2, -0.15) is 0 Å². The molecule has 0 N–H and O–H groups in total. The van der Waals surface area contributed by atoms with Crippen LogP contribution in [0, 0.1) is 0 Å². The number of nitrogens with zero attached hydrogens (tertiary/aromatic N) is 3. The van der Waals surface area contributed by atoms with E-state index in [0.717, 1.165) is 6.04 Å². The highest BCUT2D eigenvalue weighted by molar-refractivity contribution is 4.82. The Morgan fingerprint density at radius 1 is 0.438 bits per heavy atom. The number of allylic oxidation sites excluding steroid dienone is 4. The maximum absolute atomic E-state index is 2.89. The van der Waals surface area contributed by atoms with Gasteiger partial charge < -0.3 is 4.90 Å². The first kappa shape index (κ1) is 45.4. The summed E-state index contributed by atoms with van der Waals surface area (Å²) in [5.41, 5.74) is 0. The van der Waals surface area contributed by atoms with E-state index in [1.54, 1.807) is 0 Å². The Kier molecular flexibility index (Phi) is 34.2. The van der Waals surface area contributed by atoms with Crippen molar-refractivity contribution in [3.63, 3.8) is 0 Å². The predicted octanol–water partition coefficient (Wildman–Crippen LogP) is 13.4. The van der Waals surface area contributed by atoms with Gasteiger partial charge >= 0.3 is 0 Å². The molecule has 1 rings (SSSR count). The largest absolute Gasteiger partial charge is 0.308 e. The van der Waals surface area contributed by atoms with Crippen molar-refractivity contribution in [2.75, 3.05) is 53.4 Å². The van der Waals surface area contributed by atoms with E-state index in [-0.39, 0.29) is 0 Å². The Balaban J connectivity index is 2.16. The molecule has 1 aliphatic rings. The van der Waals surface area contributed by atoms with Gasteiger partial charge in [0.2, 0.25) is 0 Å². The van der Waals surface area contributed by atoms with Gasteiger partial charge in [-0.25, -0.2) is 0 Å². The summed E-state index contributed by atoms with van der Waals surface area (Å²) in [5, 5.41) is 0. The summed E-state index contributed by atoms with van der Waals surface area (Å²) in [5.74, 6) is 0. The van der Waals surface area contributed by atoms with Crippen LogP contribution in [0.4, 0.5) is 0 Å². The van der Waals surface area contributed by atoms with Gasteiger partial charge in [0, 0.05) is 45.3 Å². The normalized spacial score (nSPS) is 15.5. The highest BCUT2D eigenvalue weighted by atomic mass is 15.3. The molecule has 1 aliphatic heterocycles. The molecule has 0 aliphatic carbocycles. The van der Waals surface area contributed by atoms with E-state index in [9.17, 15) is 0 Å². The Hall–Kier alpha value is -0.640. The average molecular weight is 672 g/mol. The second-order valence-corrected chi connectivity index (χ2v) is 15.8. The van der Waals surface area contributed by atoms with Gasteiger partial charge in [0.1, 0.15) is 0 Å². The van der Waals surface area contributed by atoms with E-state index in [4.69, 9.17) is 0 Å². The van der Waals surface area contributed by atoms with Crippen LogP contribution in [0.5, 0.6) is 0 Å². The van der Waals surface area contributed by atoms with Crippen LogP contribution in [0.15, 0.2) is 24.3 Å². The molecule has 0 saturated carbocycles. The van der Waals surface area contributed by atoms with Crippen molar-refractivity contribution >= 4 is 0 Å². The lowest BCUT2D eigenvalue weighted by atomic mass is 9.98. The SMILES string of the molecule is CCCCCCCCC=CCCCCCCCCC(CCCCCCCCC=CCCCCCCCC)N1CCN(CCN(C)C)CC1. The molecule has 284 valence electrons. The van der Waals surface area contributed by atoms with E-state index in [0.29, 0.717) is 0 Å². The molecule has 0 aromatic heterocycles. The summed E-state index contributed by atoms with van der Waals surface area (Å²) in [6.45, 7) is 12.1. The van der Waals surface area contributed by atoms with Crippen LogP contribution in [0.25, 0.3) is 0 Å². The van der Waals surface area contributed by atoms with Crippen molar-refractivity contribution < 1.29 is 0 Å². The topological polar surface area (TPSA) is 9.72 Å². The molecule has 0 aromatic rings. The Morgan fingerprint density at radius 3 is 1.12 bits per heavy atom. The lowest BCUT2D eigenvalue weighted by Gasteiger charge is -2.40. The first-order chi connectivity index (χ1) is 23.7. The Labute approximate surface area is 304 Å². The molecule has 0 spiro atoms. The molecule has 1 fully saturated rings. The lowest BCUT2D eigenvalue weighted by Crippen LogP contribution is -2.51. The van der Waals surface area contributed by atoms with Crippen LogP contribution >= 0.6 is 0 Å². The summed E-state index contributed by atoms with van der Waals surface area (Å²) in [6.07, 6.45) is 52.0. The second kappa shape index (κ2) is 36.2. The zero-order valence-corrected chi connectivity index (χ0v) is 33.7. The number of hydrogen-bond donors (Lipinski definition) is 0. The highest BCUT2D eigenvalue weighted by Crippen LogP contribution is 2.21. The quantitative estimate of drug-likeness (QED) is 0.0485. The van der Waals surface area contributed by atoms with E-state index in [1.807, 2.05) is 0 Å². The van der Waals surface area contributed by atoms with E-state index >= 15 is 0 Å². The lowest BCUT2D eigenvalue weighted by molar-refractivity contribution is 0.0820. The molecule has 3 nitrogen and oxygen atoms in total. The molecule has 1 saturated heterocycles. The number of rotatable bonds is 36. The average Bonchev–Trinajstić information content (AvgIpc) is 3.09. The standard InChI is InChI=1S/C45H89N3/c1-5-7-9-11-13-15-17-19-21-23-25-27-29-31-33-35-37-45(48-43-41-47(42-44-48)40-39-46(3)4)38-36-34-32-30-28-26-24-22-20-18-16-14-12-10-8-6-2/h19-22,45H,5-18,23-44H2,1-4H3. The molecule has 0 atom stereocenters. The summed E-state index contributed by atoms with van der Waals surface area (Å²) in [4.78, 5) is 7.92. The number of likely N-dealkylation sites (N-methyl/N-ethyl adjacent to an activating group) is 1. The third-order valence-corrected chi connectivity index (χ3v) is 10.9. The molecule has 3 heteroatoms. The van der Waals surface area contributed by atoms with Gasteiger partial charge in [0.05, 0.1) is 0 Å². The zero-order chi connectivity index (χ0) is 34.6. The number of unbranched alkanes of at least 4 members (excludes halogenated alkanes) is 24. The van der Waals surface area contributed by atoms with Crippen molar-refractivity contribution in [3.8, 4) is 0 Å². The fraction of sp³-hybridized carbons (Fsp3) is 0.911. The molecule has 0 amide bonds. The molecule has 0 bridgehead atoms. The molecule has 0 radical (unpaired) electrons. The van der Waals surface area contributed by atoms with Crippen molar-refractivity contribution in [1.82, 2.24) is 14.7 Å². The molecular formula is C45H89N3. The van der Waals surface area contributed by atoms with Gasteiger partial charge in [-0.15, -0.1) is 0 Å². The first-order valence-electron chi connectivity index (χ1n) is 22.1. The third kappa shape index (κ3) is 30.2. The van der Waals surface area contributed by atoms with Crippen molar-refractivity contribution in [2.45, 2.75) is 213 Å². The fourth-order valence-corrected chi connectivity index (χ4v) is 7.46. The Morgan fingerprint density at radius 2 is 0.771 bits per heavy atom. The minimum absolute atomic E-state index is 0.828. The molecule has 0 aromatic carbocycles. The van der Waals surface area contributed by atoms with E-state index < -0.39 is 0 Å². The van der Waals surface area contributed by atoms with Gasteiger partial charge in [-0.05, 0) is 78.3 Å². The maximum Gasteiger partial charge on any atom is 0.0113 e. The summed E-state index contributed by atoms with van der Waals surface area (Å²) >= 11 is 0. The van der Waals surface area contributed by atoms with Crippen LogP contribution in [0.2, 0.25) is 0 Å². The van der Waals surface area contributed by atoms with E-state index in [1.165, 1.54) is 232 Å². The summed E-state index contributed by atoms with van der Waals surface area (Å²) < 4.78 is 0.